The Kier molecular flexibility index (Phi) is 7.18. The first-order valence-electron chi connectivity index (χ1n) is 6.32. The van der Waals surface area contributed by atoms with Crippen LogP contribution in [0, 0.1) is 5.41 Å². The average Bonchev–Trinajstić information content (AvgIpc) is 2.32. The van der Waals surface area contributed by atoms with Crippen molar-refractivity contribution < 1.29 is 24.3 Å². The van der Waals surface area contributed by atoms with Crippen LogP contribution in [0.2, 0.25) is 0 Å². The fourth-order valence-electron chi connectivity index (χ4n) is 1.20. The van der Waals surface area contributed by atoms with Gasteiger partial charge in [-0.25, -0.2) is 9.59 Å². The molecule has 0 heterocycles. The summed E-state index contributed by atoms with van der Waals surface area (Å²) in [5.74, 6) is -1.80. The molecule has 5 amide bonds. The predicted molar refractivity (Wildman–Crippen MR) is 74.7 cm³/mol. The largest absolute Gasteiger partial charge is 0.481 e. The van der Waals surface area contributed by atoms with Crippen molar-refractivity contribution >= 4 is 23.9 Å². The van der Waals surface area contributed by atoms with Gasteiger partial charge in [0, 0.05) is 33.6 Å². The molecule has 0 aromatic heterocycles. The zero-order valence-electron chi connectivity index (χ0n) is 12.6. The minimum Gasteiger partial charge on any atom is -0.481 e. The van der Waals surface area contributed by atoms with E-state index in [9.17, 15) is 19.2 Å². The second-order valence-electron chi connectivity index (χ2n) is 5.30. The molecular formula is C12H22N4O5. The first-order chi connectivity index (χ1) is 9.56. The van der Waals surface area contributed by atoms with Crippen molar-refractivity contribution in [1.82, 2.24) is 20.9 Å². The number of aliphatic carboxylic acids is 1. The van der Waals surface area contributed by atoms with Gasteiger partial charge in [0.2, 0.25) is 5.91 Å². The Morgan fingerprint density at radius 2 is 1.57 bits per heavy atom. The number of carbonyl (C=O) groups is 4. The standard InChI is InChI=1S/C12H22N4O5/c1-12(2,9(18)19)7-8(17)15-10(20)13-5-6-14-11(21)16(3)4/h5-7H2,1-4H3,(H,14,21)(H,18,19)(H2,13,15,17,20). The van der Waals surface area contributed by atoms with Crippen LogP contribution in [0.5, 0.6) is 0 Å². The van der Waals surface area contributed by atoms with Gasteiger partial charge in [-0.15, -0.1) is 0 Å². The third-order valence-corrected chi connectivity index (χ3v) is 2.53. The zero-order valence-corrected chi connectivity index (χ0v) is 12.6. The normalized spacial score (nSPS) is 10.5. The molecule has 0 atom stereocenters. The van der Waals surface area contributed by atoms with Crippen LogP contribution in [-0.2, 0) is 9.59 Å². The molecule has 21 heavy (non-hydrogen) atoms. The van der Waals surface area contributed by atoms with Crippen molar-refractivity contribution in [3.63, 3.8) is 0 Å². The quantitative estimate of drug-likeness (QED) is 0.496. The number of hydrogen-bond donors (Lipinski definition) is 4. The fraction of sp³-hybridized carbons (Fsp3) is 0.667. The number of rotatable bonds is 6. The summed E-state index contributed by atoms with van der Waals surface area (Å²) in [5.41, 5.74) is -1.25. The topological polar surface area (TPSA) is 128 Å². The molecule has 0 radical (unpaired) electrons. The molecule has 120 valence electrons. The average molecular weight is 302 g/mol. The maximum Gasteiger partial charge on any atom is 0.321 e. The summed E-state index contributed by atoms with van der Waals surface area (Å²) in [7, 11) is 3.16. The van der Waals surface area contributed by atoms with E-state index in [4.69, 9.17) is 5.11 Å². The van der Waals surface area contributed by atoms with E-state index in [2.05, 4.69) is 10.6 Å². The van der Waals surface area contributed by atoms with Crippen LogP contribution in [0.4, 0.5) is 9.59 Å². The Labute approximate surface area is 123 Å². The van der Waals surface area contributed by atoms with Crippen LogP contribution < -0.4 is 16.0 Å². The van der Waals surface area contributed by atoms with Crippen LogP contribution in [0.1, 0.15) is 20.3 Å². The monoisotopic (exact) mass is 302 g/mol. The molecule has 0 aromatic carbocycles. The number of carbonyl (C=O) groups excluding carboxylic acids is 3. The molecule has 0 bridgehead atoms. The van der Waals surface area contributed by atoms with Crippen molar-refractivity contribution in [2.24, 2.45) is 5.41 Å². The molecule has 9 nitrogen and oxygen atoms in total. The Morgan fingerprint density at radius 1 is 1.05 bits per heavy atom. The Morgan fingerprint density at radius 3 is 2.05 bits per heavy atom. The zero-order chi connectivity index (χ0) is 16.6. The van der Waals surface area contributed by atoms with Gasteiger partial charge in [0.05, 0.1) is 5.41 Å². The van der Waals surface area contributed by atoms with E-state index in [1.54, 1.807) is 14.1 Å². The summed E-state index contributed by atoms with van der Waals surface area (Å²) in [5, 5.41) is 15.8. The van der Waals surface area contributed by atoms with Crippen LogP contribution in [0.25, 0.3) is 0 Å². The molecule has 0 aromatic rings. The Bertz CT molecular complexity index is 420. The van der Waals surface area contributed by atoms with Crippen molar-refractivity contribution in [3.8, 4) is 0 Å². The van der Waals surface area contributed by atoms with Crippen molar-refractivity contribution in [2.45, 2.75) is 20.3 Å². The van der Waals surface area contributed by atoms with Gasteiger partial charge in [-0.1, -0.05) is 0 Å². The van der Waals surface area contributed by atoms with Gasteiger partial charge in [-0.05, 0) is 13.8 Å². The highest BCUT2D eigenvalue weighted by Crippen LogP contribution is 2.19. The van der Waals surface area contributed by atoms with Gasteiger partial charge in [-0.2, -0.15) is 0 Å². The van der Waals surface area contributed by atoms with E-state index in [0.29, 0.717) is 0 Å². The molecular weight excluding hydrogens is 280 g/mol. The molecule has 0 saturated carbocycles. The first-order valence-corrected chi connectivity index (χ1v) is 6.32. The summed E-state index contributed by atoms with van der Waals surface area (Å²) >= 11 is 0. The van der Waals surface area contributed by atoms with E-state index in [-0.39, 0.29) is 25.5 Å². The second kappa shape index (κ2) is 8.08. The highest BCUT2D eigenvalue weighted by molar-refractivity contribution is 5.96. The van der Waals surface area contributed by atoms with Crippen molar-refractivity contribution in [1.29, 1.82) is 0 Å². The van der Waals surface area contributed by atoms with E-state index in [0.717, 1.165) is 0 Å². The maximum absolute atomic E-state index is 11.5. The van der Waals surface area contributed by atoms with Gasteiger partial charge >= 0.3 is 18.0 Å². The number of nitrogens with one attached hydrogen (secondary N) is 3. The van der Waals surface area contributed by atoms with Crippen molar-refractivity contribution in [3.05, 3.63) is 0 Å². The predicted octanol–water partition coefficient (Wildman–Crippen LogP) is -0.416. The SMILES string of the molecule is CN(C)C(=O)NCCNC(=O)NC(=O)CC(C)(C)C(=O)O. The molecule has 0 saturated heterocycles. The number of imide groups is 1. The summed E-state index contributed by atoms with van der Waals surface area (Å²) in [6.07, 6.45) is -0.312. The number of nitrogens with zero attached hydrogens (tertiary/aromatic N) is 1. The number of hydrogen-bond acceptors (Lipinski definition) is 4. The Hall–Kier alpha value is -2.32. The summed E-state index contributed by atoms with van der Waals surface area (Å²) in [4.78, 5) is 46.2. The summed E-state index contributed by atoms with van der Waals surface area (Å²) in [6, 6.07) is -1.03. The van der Waals surface area contributed by atoms with Crippen molar-refractivity contribution in [2.75, 3.05) is 27.2 Å². The second-order valence-corrected chi connectivity index (χ2v) is 5.30. The summed E-state index contributed by atoms with van der Waals surface area (Å²) < 4.78 is 0. The Balaban J connectivity index is 3.97. The molecule has 9 heteroatoms. The number of carboxylic acids is 1. The highest BCUT2D eigenvalue weighted by Gasteiger charge is 2.30. The molecule has 4 N–H and O–H groups in total. The molecule has 0 unspecified atom stereocenters. The van der Waals surface area contributed by atoms with Crippen LogP contribution in [0.15, 0.2) is 0 Å². The third kappa shape index (κ3) is 7.75. The van der Waals surface area contributed by atoms with E-state index in [1.165, 1.54) is 18.7 Å². The lowest BCUT2D eigenvalue weighted by Gasteiger charge is -2.18. The molecule has 0 spiro atoms. The van der Waals surface area contributed by atoms with Gasteiger partial charge < -0.3 is 20.6 Å². The van der Waals surface area contributed by atoms with Gasteiger partial charge in [0.15, 0.2) is 0 Å². The molecule has 0 rings (SSSR count). The van der Waals surface area contributed by atoms with Crippen LogP contribution in [0.3, 0.4) is 0 Å². The minimum atomic E-state index is -1.25. The fourth-order valence-corrected chi connectivity index (χ4v) is 1.20. The number of carboxylic acid groups (broad SMARTS) is 1. The number of urea groups is 2. The van der Waals surface area contributed by atoms with E-state index < -0.39 is 23.3 Å². The summed E-state index contributed by atoms with van der Waals surface area (Å²) in [6.45, 7) is 3.13. The highest BCUT2D eigenvalue weighted by atomic mass is 16.4. The van der Waals surface area contributed by atoms with Gasteiger partial charge in [-0.3, -0.25) is 14.9 Å². The van der Waals surface area contributed by atoms with Gasteiger partial charge in [0.1, 0.15) is 0 Å². The van der Waals surface area contributed by atoms with Crippen LogP contribution in [-0.4, -0.2) is 61.1 Å². The minimum absolute atomic E-state index is 0.140. The van der Waals surface area contributed by atoms with Crippen LogP contribution >= 0.6 is 0 Å². The lowest BCUT2D eigenvalue weighted by molar-refractivity contribution is -0.149. The lowest BCUT2D eigenvalue weighted by Crippen LogP contribution is -2.45. The molecule has 0 aliphatic heterocycles. The maximum atomic E-state index is 11.5. The smallest absolute Gasteiger partial charge is 0.321 e. The molecule has 0 fully saturated rings. The lowest BCUT2D eigenvalue weighted by atomic mass is 9.89. The first kappa shape index (κ1) is 18.7. The molecule has 0 aliphatic rings. The number of amides is 5. The molecule has 0 aliphatic carbocycles. The van der Waals surface area contributed by atoms with E-state index in [1.807, 2.05) is 5.32 Å². The van der Waals surface area contributed by atoms with Gasteiger partial charge in [0.25, 0.3) is 0 Å². The van der Waals surface area contributed by atoms with E-state index >= 15 is 0 Å². The third-order valence-electron chi connectivity index (χ3n) is 2.53.